The summed E-state index contributed by atoms with van der Waals surface area (Å²) in [5.41, 5.74) is 2.53. The molecule has 0 unspecified atom stereocenters. The first-order chi connectivity index (χ1) is 11.4. The first kappa shape index (κ1) is 16.2. The zero-order valence-corrected chi connectivity index (χ0v) is 15.3. The van der Waals surface area contributed by atoms with Crippen LogP contribution in [0.1, 0.15) is 63.3 Å². The largest absolute Gasteiger partial charge is 0.352 e. The van der Waals surface area contributed by atoms with Crippen molar-refractivity contribution in [1.29, 1.82) is 0 Å². The van der Waals surface area contributed by atoms with Gasteiger partial charge in [0.05, 0.1) is 12.2 Å². The molecular weight excluding hydrogens is 298 g/mol. The highest BCUT2D eigenvalue weighted by molar-refractivity contribution is 5.77. The molecule has 1 aromatic rings. The summed E-state index contributed by atoms with van der Waals surface area (Å²) in [7, 11) is 0. The van der Waals surface area contributed by atoms with E-state index in [2.05, 4.69) is 30.3 Å². The summed E-state index contributed by atoms with van der Waals surface area (Å²) in [5.74, 6) is 2.99. The Balaban J connectivity index is 1.34. The smallest absolute Gasteiger partial charge is 0.220 e. The molecule has 132 valence electrons. The molecule has 0 aliphatic heterocycles. The number of aryl methyl sites for hydroxylation is 2. The predicted molar refractivity (Wildman–Crippen MR) is 94.5 cm³/mol. The van der Waals surface area contributed by atoms with Gasteiger partial charge in [0.15, 0.2) is 0 Å². The van der Waals surface area contributed by atoms with Gasteiger partial charge in [-0.1, -0.05) is 0 Å². The first-order valence-electron chi connectivity index (χ1n) is 9.71. The highest BCUT2D eigenvalue weighted by atomic mass is 16.1. The van der Waals surface area contributed by atoms with E-state index in [-0.39, 0.29) is 11.9 Å². The molecule has 5 rings (SSSR count). The van der Waals surface area contributed by atoms with Crippen LogP contribution in [0, 0.1) is 37.0 Å². The van der Waals surface area contributed by atoms with Crippen LogP contribution in [0.25, 0.3) is 0 Å². The van der Waals surface area contributed by atoms with E-state index in [4.69, 9.17) is 0 Å². The average molecular weight is 329 g/mol. The van der Waals surface area contributed by atoms with E-state index in [9.17, 15) is 4.79 Å². The summed E-state index contributed by atoms with van der Waals surface area (Å²) in [6.07, 6.45) is 8.98. The number of amides is 1. The summed E-state index contributed by atoms with van der Waals surface area (Å²) in [4.78, 5) is 12.7. The maximum Gasteiger partial charge on any atom is 0.220 e. The Hall–Kier alpha value is -1.32. The van der Waals surface area contributed by atoms with Gasteiger partial charge in [-0.2, -0.15) is 5.10 Å². The van der Waals surface area contributed by atoms with E-state index in [0.29, 0.717) is 5.41 Å². The van der Waals surface area contributed by atoms with Crippen molar-refractivity contribution < 1.29 is 4.79 Å². The third-order valence-corrected chi connectivity index (χ3v) is 6.66. The number of nitrogens with zero attached hydrogens (tertiary/aromatic N) is 2. The predicted octanol–water partition coefficient (Wildman–Crippen LogP) is 3.61. The third kappa shape index (κ3) is 3.12. The van der Waals surface area contributed by atoms with Gasteiger partial charge in [0.25, 0.3) is 0 Å². The fourth-order valence-electron chi connectivity index (χ4n) is 6.34. The van der Waals surface area contributed by atoms with E-state index in [0.717, 1.165) is 42.1 Å². The number of aromatic nitrogens is 2. The summed E-state index contributed by atoms with van der Waals surface area (Å²) < 4.78 is 2.00. The fraction of sp³-hybridized carbons (Fsp3) is 0.800. The molecule has 1 atom stereocenters. The van der Waals surface area contributed by atoms with Gasteiger partial charge < -0.3 is 5.32 Å². The molecule has 24 heavy (non-hydrogen) atoms. The normalized spacial score (nSPS) is 35.2. The molecule has 1 N–H and O–H groups in total. The summed E-state index contributed by atoms with van der Waals surface area (Å²) in [6, 6.07) is 2.22. The lowest BCUT2D eigenvalue weighted by Crippen LogP contribution is -2.48. The number of hydrogen-bond donors (Lipinski definition) is 1. The number of carbonyl (C=O) groups excluding carboxylic acids is 1. The van der Waals surface area contributed by atoms with Crippen LogP contribution in [0.15, 0.2) is 6.07 Å². The van der Waals surface area contributed by atoms with Crippen molar-refractivity contribution in [3.63, 3.8) is 0 Å². The molecule has 4 heteroatoms. The quantitative estimate of drug-likeness (QED) is 0.897. The van der Waals surface area contributed by atoms with Crippen molar-refractivity contribution in [1.82, 2.24) is 15.1 Å². The zero-order valence-electron chi connectivity index (χ0n) is 15.3. The van der Waals surface area contributed by atoms with E-state index >= 15 is 0 Å². The Morgan fingerprint density at radius 2 is 1.83 bits per heavy atom. The van der Waals surface area contributed by atoms with Crippen molar-refractivity contribution in [3.8, 4) is 0 Å². The maximum absolute atomic E-state index is 12.7. The summed E-state index contributed by atoms with van der Waals surface area (Å²) >= 11 is 0. The lowest BCUT2D eigenvalue weighted by molar-refractivity contribution is -0.130. The van der Waals surface area contributed by atoms with Crippen LogP contribution in [-0.2, 0) is 11.3 Å². The second-order valence-corrected chi connectivity index (χ2v) is 9.17. The molecule has 4 nitrogen and oxygen atoms in total. The van der Waals surface area contributed by atoms with Crippen molar-refractivity contribution in [2.24, 2.45) is 23.2 Å². The van der Waals surface area contributed by atoms with Crippen LogP contribution in [0.4, 0.5) is 0 Å². The molecule has 4 aliphatic rings. The average Bonchev–Trinajstić information content (AvgIpc) is 2.73. The SMILES string of the molecule is Cc1cc(C)n(C[C@@H](C)NC(=O)CC23CC4CC(CC(C4)C2)C3)n1. The first-order valence-corrected chi connectivity index (χ1v) is 9.71. The molecule has 1 aromatic heterocycles. The van der Waals surface area contributed by atoms with Gasteiger partial charge in [-0.05, 0) is 88.5 Å². The Morgan fingerprint density at radius 1 is 1.25 bits per heavy atom. The molecule has 0 saturated heterocycles. The van der Waals surface area contributed by atoms with Crippen molar-refractivity contribution in [3.05, 3.63) is 17.5 Å². The minimum absolute atomic E-state index is 0.129. The second-order valence-electron chi connectivity index (χ2n) is 9.17. The van der Waals surface area contributed by atoms with Crippen molar-refractivity contribution in [2.75, 3.05) is 0 Å². The number of nitrogens with one attached hydrogen (secondary N) is 1. The maximum atomic E-state index is 12.7. The molecule has 4 fully saturated rings. The molecule has 4 saturated carbocycles. The Bertz CT molecular complexity index is 598. The van der Waals surface area contributed by atoms with Crippen LogP contribution in [0.2, 0.25) is 0 Å². The van der Waals surface area contributed by atoms with Crippen LogP contribution in [-0.4, -0.2) is 21.7 Å². The van der Waals surface area contributed by atoms with Crippen molar-refractivity contribution >= 4 is 5.91 Å². The van der Waals surface area contributed by atoms with Crippen LogP contribution >= 0.6 is 0 Å². The van der Waals surface area contributed by atoms with Crippen LogP contribution < -0.4 is 5.32 Å². The molecule has 1 heterocycles. The van der Waals surface area contributed by atoms with Gasteiger partial charge in [-0.25, -0.2) is 0 Å². The summed E-state index contributed by atoms with van der Waals surface area (Å²) in [6.45, 7) is 6.93. The van der Waals surface area contributed by atoms with Gasteiger partial charge in [-0.15, -0.1) is 0 Å². The zero-order chi connectivity index (χ0) is 16.9. The standard InChI is InChI=1S/C20H31N3O/c1-13-4-15(3)23(22-13)12-14(2)21-19(24)11-20-8-16-5-17(9-20)7-18(6-16)10-20/h4,14,16-18H,5-12H2,1-3H3,(H,21,24)/t14-,16?,17?,18?,20?/m1/s1. The van der Waals surface area contributed by atoms with Crippen molar-refractivity contribution in [2.45, 2.75) is 78.3 Å². The molecule has 4 aliphatic carbocycles. The summed E-state index contributed by atoms with van der Waals surface area (Å²) in [5, 5.41) is 7.74. The van der Waals surface area contributed by atoms with Gasteiger partial charge in [0.1, 0.15) is 0 Å². The highest BCUT2D eigenvalue weighted by Gasteiger charge is 2.51. The Morgan fingerprint density at radius 3 is 2.33 bits per heavy atom. The molecule has 0 radical (unpaired) electrons. The minimum Gasteiger partial charge on any atom is -0.352 e. The third-order valence-electron chi connectivity index (χ3n) is 6.66. The van der Waals surface area contributed by atoms with Gasteiger partial charge in [0.2, 0.25) is 5.91 Å². The Labute approximate surface area is 145 Å². The minimum atomic E-state index is 0.129. The number of hydrogen-bond acceptors (Lipinski definition) is 2. The Kier molecular flexibility index (Phi) is 3.97. The van der Waals surface area contributed by atoms with Gasteiger partial charge in [-0.3, -0.25) is 9.48 Å². The molecular formula is C20H31N3O. The topological polar surface area (TPSA) is 46.9 Å². The van der Waals surface area contributed by atoms with Crippen LogP contribution in [0.5, 0.6) is 0 Å². The highest BCUT2D eigenvalue weighted by Crippen LogP contribution is 2.61. The van der Waals surface area contributed by atoms with Gasteiger partial charge in [0, 0.05) is 18.2 Å². The van der Waals surface area contributed by atoms with E-state index in [1.165, 1.54) is 38.5 Å². The van der Waals surface area contributed by atoms with E-state index in [1.807, 2.05) is 11.6 Å². The number of carbonyl (C=O) groups is 1. The molecule has 1 amide bonds. The van der Waals surface area contributed by atoms with E-state index in [1.54, 1.807) is 0 Å². The molecule has 0 aromatic carbocycles. The monoisotopic (exact) mass is 329 g/mol. The second kappa shape index (κ2) is 5.89. The lowest BCUT2D eigenvalue weighted by atomic mass is 9.49. The fourth-order valence-corrected chi connectivity index (χ4v) is 6.34. The van der Waals surface area contributed by atoms with Gasteiger partial charge >= 0.3 is 0 Å². The molecule has 0 spiro atoms. The van der Waals surface area contributed by atoms with Crippen LogP contribution in [0.3, 0.4) is 0 Å². The molecule has 4 bridgehead atoms. The number of rotatable bonds is 5. The van der Waals surface area contributed by atoms with E-state index < -0.39 is 0 Å². The lowest BCUT2D eigenvalue weighted by Gasteiger charge is -2.56.